The number of hydrogen-bond donors (Lipinski definition) is 2. The van der Waals surface area contributed by atoms with E-state index in [1.165, 1.54) is 0 Å². The average Bonchev–Trinajstić information content (AvgIpc) is 2.91. The topological polar surface area (TPSA) is 89.6 Å². The van der Waals surface area contributed by atoms with E-state index < -0.39 is 0 Å². The Bertz CT molecular complexity index is 1440. The second-order valence-electron chi connectivity index (χ2n) is 8.10. The zero-order valence-corrected chi connectivity index (χ0v) is 19.3. The van der Waals surface area contributed by atoms with Crippen molar-refractivity contribution in [2.24, 2.45) is 0 Å². The SMILES string of the molecule is O=C(COc1ccc2ccccc2c1)Nc1cccc(NC(=O)COc2ccc3ccccc3c2)n1. The minimum atomic E-state index is -0.362. The van der Waals surface area contributed by atoms with Gasteiger partial charge in [0.2, 0.25) is 0 Å². The maximum absolute atomic E-state index is 12.4. The molecule has 0 saturated heterocycles. The first-order valence-corrected chi connectivity index (χ1v) is 11.4. The Hall–Kier alpha value is -4.91. The number of aromatic nitrogens is 1. The first-order valence-electron chi connectivity index (χ1n) is 11.4. The third-order valence-corrected chi connectivity index (χ3v) is 5.47. The van der Waals surface area contributed by atoms with Gasteiger partial charge < -0.3 is 20.1 Å². The molecule has 0 saturated carbocycles. The lowest BCUT2D eigenvalue weighted by Gasteiger charge is -2.10. The average molecular weight is 478 g/mol. The molecule has 2 N–H and O–H groups in total. The molecule has 36 heavy (non-hydrogen) atoms. The molecule has 0 aliphatic carbocycles. The molecular weight excluding hydrogens is 454 g/mol. The lowest BCUT2D eigenvalue weighted by atomic mass is 10.1. The quantitative estimate of drug-likeness (QED) is 0.311. The van der Waals surface area contributed by atoms with Crippen LogP contribution in [0.15, 0.2) is 103 Å². The van der Waals surface area contributed by atoms with Crippen molar-refractivity contribution in [3.8, 4) is 11.5 Å². The van der Waals surface area contributed by atoms with Crippen LogP contribution in [0.3, 0.4) is 0 Å². The molecule has 1 aromatic heterocycles. The van der Waals surface area contributed by atoms with Gasteiger partial charge in [0.25, 0.3) is 11.8 Å². The van der Waals surface area contributed by atoms with Crippen molar-refractivity contribution >= 4 is 45.0 Å². The summed E-state index contributed by atoms with van der Waals surface area (Å²) in [5.41, 5.74) is 0. The van der Waals surface area contributed by atoms with Crippen LogP contribution in [-0.4, -0.2) is 30.0 Å². The summed E-state index contributed by atoms with van der Waals surface area (Å²) in [6, 6.07) is 32.1. The molecule has 0 spiro atoms. The number of nitrogens with zero attached hydrogens (tertiary/aromatic N) is 1. The molecule has 0 bridgehead atoms. The lowest BCUT2D eigenvalue weighted by molar-refractivity contribution is -0.118. The lowest BCUT2D eigenvalue weighted by Crippen LogP contribution is -2.22. The fourth-order valence-electron chi connectivity index (χ4n) is 3.74. The van der Waals surface area contributed by atoms with E-state index in [-0.39, 0.29) is 25.0 Å². The summed E-state index contributed by atoms with van der Waals surface area (Å²) in [5.74, 6) is 1.08. The number of fused-ring (bicyclic) bond motifs is 2. The maximum Gasteiger partial charge on any atom is 0.263 e. The van der Waals surface area contributed by atoms with Gasteiger partial charge in [-0.2, -0.15) is 0 Å². The van der Waals surface area contributed by atoms with Crippen molar-refractivity contribution in [3.63, 3.8) is 0 Å². The summed E-state index contributed by atoms with van der Waals surface area (Å²) in [7, 11) is 0. The second-order valence-corrected chi connectivity index (χ2v) is 8.10. The number of nitrogens with one attached hydrogen (secondary N) is 2. The predicted octanol–water partition coefficient (Wildman–Crippen LogP) is 5.42. The van der Waals surface area contributed by atoms with Crippen molar-refractivity contribution in [2.75, 3.05) is 23.8 Å². The number of carbonyl (C=O) groups excluding carboxylic acids is 2. The van der Waals surface area contributed by atoms with Gasteiger partial charge in [0.05, 0.1) is 0 Å². The van der Waals surface area contributed by atoms with Gasteiger partial charge >= 0.3 is 0 Å². The molecule has 5 rings (SSSR count). The van der Waals surface area contributed by atoms with Crippen LogP contribution < -0.4 is 20.1 Å². The Morgan fingerprint density at radius 1 is 0.556 bits per heavy atom. The van der Waals surface area contributed by atoms with E-state index in [2.05, 4.69) is 15.6 Å². The molecule has 0 aliphatic heterocycles. The van der Waals surface area contributed by atoms with Gasteiger partial charge in [-0.25, -0.2) is 4.98 Å². The highest BCUT2D eigenvalue weighted by Crippen LogP contribution is 2.21. The third kappa shape index (κ3) is 5.77. The van der Waals surface area contributed by atoms with Gasteiger partial charge in [-0.15, -0.1) is 0 Å². The Kier molecular flexibility index (Phi) is 6.71. The normalized spacial score (nSPS) is 10.7. The summed E-state index contributed by atoms with van der Waals surface area (Å²) < 4.78 is 11.2. The number of anilines is 2. The summed E-state index contributed by atoms with van der Waals surface area (Å²) in [4.78, 5) is 29.0. The molecule has 0 atom stereocenters. The molecule has 4 aromatic carbocycles. The molecule has 7 heteroatoms. The first-order chi connectivity index (χ1) is 17.6. The van der Waals surface area contributed by atoms with Crippen LogP contribution in [-0.2, 0) is 9.59 Å². The van der Waals surface area contributed by atoms with E-state index in [0.29, 0.717) is 23.1 Å². The standard InChI is InChI=1S/C29H23N3O4/c33-28(18-35-24-14-12-20-6-1-3-8-22(20)16-24)31-26-10-5-11-27(30-26)32-29(34)19-36-25-15-13-21-7-2-4-9-23(21)17-25/h1-17H,18-19H2,(H2,30,31,32,33,34). The Balaban J connectivity index is 1.12. The molecule has 7 nitrogen and oxygen atoms in total. The number of ether oxygens (including phenoxy) is 2. The van der Waals surface area contributed by atoms with Gasteiger partial charge in [0.15, 0.2) is 13.2 Å². The molecule has 0 radical (unpaired) electrons. The molecule has 5 aromatic rings. The van der Waals surface area contributed by atoms with Crippen molar-refractivity contribution < 1.29 is 19.1 Å². The zero-order chi connectivity index (χ0) is 24.7. The van der Waals surface area contributed by atoms with E-state index in [9.17, 15) is 9.59 Å². The van der Waals surface area contributed by atoms with E-state index in [4.69, 9.17) is 9.47 Å². The van der Waals surface area contributed by atoms with E-state index >= 15 is 0 Å². The van der Waals surface area contributed by atoms with Crippen molar-refractivity contribution in [3.05, 3.63) is 103 Å². The fourth-order valence-corrected chi connectivity index (χ4v) is 3.74. The predicted molar refractivity (Wildman–Crippen MR) is 140 cm³/mol. The number of hydrogen-bond acceptors (Lipinski definition) is 5. The maximum atomic E-state index is 12.4. The molecule has 0 aliphatic rings. The van der Waals surface area contributed by atoms with E-state index in [1.807, 2.05) is 84.9 Å². The highest BCUT2D eigenvalue weighted by molar-refractivity contribution is 5.93. The van der Waals surface area contributed by atoms with Gasteiger partial charge in [0.1, 0.15) is 23.1 Å². The van der Waals surface area contributed by atoms with E-state index in [1.54, 1.807) is 18.2 Å². The molecule has 178 valence electrons. The summed E-state index contributed by atoms with van der Waals surface area (Å²) >= 11 is 0. The monoisotopic (exact) mass is 477 g/mol. The highest BCUT2D eigenvalue weighted by atomic mass is 16.5. The second kappa shape index (κ2) is 10.6. The summed E-state index contributed by atoms with van der Waals surface area (Å²) in [5, 5.41) is 9.62. The van der Waals surface area contributed by atoms with Crippen molar-refractivity contribution in [1.29, 1.82) is 0 Å². The molecule has 1 heterocycles. The number of pyridine rings is 1. The van der Waals surface area contributed by atoms with E-state index in [0.717, 1.165) is 21.5 Å². The van der Waals surface area contributed by atoms with Gasteiger partial charge in [0, 0.05) is 0 Å². The molecular formula is C29H23N3O4. The van der Waals surface area contributed by atoms with Crippen LogP contribution in [0.1, 0.15) is 0 Å². The Morgan fingerprint density at radius 3 is 1.47 bits per heavy atom. The number of carbonyl (C=O) groups is 2. The van der Waals surface area contributed by atoms with Crippen LogP contribution in [0.4, 0.5) is 11.6 Å². The Morgan fingerprint density at radius 2 is 1.00 bits per heavy atom. The largest absolute Gasteiger partial charge is 0.484 e. The smallest absolute Gasteiger partial charge is 0.263 e. The van der Waals surface area contributed by atoms with Gasteiger partial charge in [-0.1, -0.05) is 66.7 Å². The van der Waals surface area contributed by atoms with Gasteiger partial charge in [-0.3, -0.25) is 9.59 Å². The highest BCUT2D eigenvalue weighted by Gasteiger charge is 2.09. The van der Waals surface area contributed by atoms with Crippen LogP contribution >= 0.6 is 0 Å². The van der Waals surface area contributed by atoms with Crippen LogP contribution in [0.5, 0.6) is 11.5 Å². The summed E-state index contributed by atoms with van der Waals surface area (Å²) in [6.07, 6.45) is 0. The first kappa shape index (κ1) is 22.9. The Labute approximate surface area is 207 Å². The third-order valence-electron chi connectivity index (χ3n) is 5.47. The fraction of sp³-hybridized carbons (Fsp3) is 0.0690. The zero-order valence-electron chi connectivity index (χ0n) is 19.3. The molecule has 0 fully saturated rings. The number of rotatable bonds is 8. The van der Waals surface area contributed by atoms with Crippen LogP contribution in [0.25, 0.3) is 21.5 Å². The molecule has 2 amide bonds. The minimum absolute atomic E-state index is 0.170. The van der Waals surface area contributed by atoms with Crippen molar-refractivity contribution in [1.82, 2.24) is 4.98 Å². The van der Waals surface area contributed by atoms with Gasteiger partial charge in [-0.05, 0) is 57.9 Å². The van der Waals surface area contributed by atoms with Crippen molar-refractivity contribution in [2.45, 2.75) is 0 Å². The number of amides is 2. The summed E-state index contributed by atoms with van der Waals surface area (Å²) in [6.45, 7) is -0.341. The number of benzene rings is 4. The van der Waals surface area contributed by atoms with Crippen LogP contribution in [0.2, 0.25) is 0 Å². The van der Waals surface area contributed by atoms with Crippen LogP contribution in [0, 0.1) is 0 Å². The minimum Gasteiger partial charge on any atom is -0.484 e. The molecule has 0 unspecified atom stereocenters.